The number of rotatable bonds is 8. The number of aryl methyl sites for hydroxylation is 2. The Morgan fingerprint density at radius 2 is 1.95 bits per heavy atom. The Morgan fingerprint density at radius 1 is 1.14 bits per heavy atom. The molecule has 0 saturated heterocycles. The summed E-state index contributed by atoms with van der Waals surface area (Å²) in [6.45, 7) is 2.69. The van der Waals surface area contributed by atoms with E-state index in [4.69, 9.17) is 4.42 Å². The molecule has 0 saturated carbocycles. The molecule has 1 atom stereocenters. The predicted molar refractivity (Wildman–Crippen MR) is 87.8 cm³/mol. The van der Waals surface area contributed by atoms with Gasteiger partial charge in [0.1, 0.15) is 5.76 Å². The number of carbonyl (C=O) groups excluding carboxylic acids is 1. The average molecular weight is 300 g/mol. The van der Waals surface area contributed by atoms with E-state index in [1.807, 2.05) is 37.3 Å². The Balaban J connectivity index is 1.55. The Bertz CT molecular complexity index is 537. The lowest BCUT2D eigenvalue weighted by Gasteiger charge is -2.14. The first-order chi connectivity index (χ1) is 10.7. The van der Waals surface area contributed by atoms with Crippen LogP contribution in [-0.2, 0) is 12.8 Å². The van der Waals surface area contributed by atoms with Crippen molar-refractivity contribution in [3.05, 3.63) is 60.1 Å². The molecular weight excluding hydrogens is 276 g/mol. The van der Waals surface area contributed by atoms with Gasteiger partial charge in [0.2, 0.25) is 0 Å². The number of benzene rings is 1. The monoisotopic (exact) mass is 300 g/mol. The van der Waals surface area contributed by atoms with E-state index in [-0.39, 0.29) is 12.1 Å². The van der Waals surface area contributed by atoms with Crippen LogP contribution in [0.2, 0.25) is 0 Å². The minimum absolute atomic E-state index is 0.0972. The molecule has 1 heterocycles. The van der Waals surface area contributed by atoms with Crippen molar-refractivity contribution >= 4 is 6.03 Å². The van der Waals surface area contributed by atoms with E-state index in [9.17, 15) is 4.79 Å². The van der Waals surface area contributed by atoms with E-state index in [0.717, 1.165) is 31.4 Å². The van der Waals surface area contributed by atoms with Crippen LogP contribution in [0.25, 0.3) is 0 Å². The quantitative estimate of drug-likeness (QED) is 0.733. The van der Waals surface area contributed by atoms with Crippen molar-refractivity contribution in [2.75, 3.05) is 6.54 Å². The number of carbonyl (C=O) groups is 1. The summed E-state index contributed by atoms with van der Waals surface area (Å²) in [6, 6.07) is 14.2. The van der Waals surface area contributed by atoms with Gasteiger partial charge in [-0.2, -0.15) is 0 Å². The first-order valence-corrected chi connectivity index (χ1v) is 7.84. The standard InChI is InChI=1S/C18H24N2O2/c1-15(11-12-17-10-6-14-22-17)20-18(21)19-13-5-9-16-7-3-2-4-8-16/h2-4,6-8,10,14-15H,5,9,11-13H2,1H3,(H2,19,20,21). The molecule has 2 rings (SSSR count). The third-order valence-corrected chi connectivity index (χ3v) is 3.55. The lowest BCUT2D eigenvalue weighted by Crippen LogP contribution is -2.41. The van der Waals surface area contributed by atoms with Crippen LogP contribution in [0.4, 0.5) is 4.79 Å². The van der Waals surface area contributed by atoms with Gasteiger partial charge in [0, 0.05) is 19.0 Å². The second-order valence-electron chi connectivity index (χ2n) is 5.51. The van der Waals surface area contributed by atoms with Gasteiger partial charge in [-0.25, -0.2) is 4.79 Å². The maximum atomic E-state index is 11.8. The molecule has 4 nitrogen and oxygen atoms in total. The van der Waals surface area contributed by atoms with Crippen molar-refractivity contribution in [3.63, 3.8) is 0 Å². The highest BCUT2D eigenvalue weighted by molar-refractivity contribution is 5.74. The van der Waals surface area contributed by atoms with Crippen LogP contribution >= 0.6 is 0 Å². The van der Waals surface area contributed by atoms with Crippen molar-refractivity contribution < 1.29 is 9.21 Å². The summed E-state index contributed by atoms with van der Waals surface area (Å²) >= 11 is 0. The molecule has 118 valence electrons. The van der Waals surface area contributed by atoms with Crippen LogP contribution in [-0.4, -0.2) is 18.6 Å². The second-order valence-corrected chi connectivity index (χ2v) is 5.51. The van der Waals surface area contributed by atoms with Gasteiger partial charge in [0.05, 0.1) is 6.26 Å². The normalized spacial score (nSPS) is 11.9. The number of furan rings is 1. The van der Waals surface area contributed by atoms with E-state index in [2.05, 4.69) is 22.8 Å². The molecule has 0 radical (unpaired) electrons. The van der Waals surface area contributed by atoms with E-state index >= 15 is 0 Å². The molecule has 0 fully saturated rings. The van der Waals surface area contributed by atoms with Crippen LogP contribution in [0.5, 0.6) is 0 Å². The van der Waals surface area contributed by atoms with Gasteiger partial charge in [-0.15, -0.1) is 0 Å². The molecule has 4 heteroatoms. The van der Waals surface area contributed by atoms with Gasteiger partial charge in [-0.1, -0.05) is 30.3 Å². The Kier molecular flexibility index (Phi) is 6.55. The lowest BCUT2D eigenvalue weighted by atomic mass is 10.1. The minimum atomic E-state index is -0.0972. The molecule has 0 aliphatic carbocycles. The van der Waals surface area contributed by atoms with Gasteiger partial charge in [0.15, 0.2) is 0 Å². The number of nitrogens with one attached hydrogen (secondary N) is 2. The van der Waals surface area contributed by atoms with Gasteiger partial charge < -0.3 is 15.1 Å². The molecule has 1 aromatic heterocycles. The molecule has 0 bridgehead atoms. The van der Waals surface area contributed by atoms with Gasteiger partial charge in [-0.3, -0.25) is 0 Å². The lowest BCUT2D eigenvalue weighted by molar-refractivity contribution is 0.237. The number of amides is 2. The van der Waals surface area contributed by atoms with Crippen molar-refractivity contribution in [2.24, 2.45) is 0 Å². The van der Waals surface area contributed by atoms with E-state index in [1.54, 1.807) is 6.26 Å². The van der Waals surface area contributed by atoms with E-state index in [0.29, 0.717) is 6.54 Å². The maximum absolute atomic E-state index is 11.8. The summed E-state index contributed by atoms with van der Waals surface area (Å²) < 4.78 is 5.28. The summed E-state index contributed by atoms with van der Waals surface area (Å²) in [6.07, 6.45) is 5.30. The van der Waals surface area contributed by atoms with Crippen LogP contribution in [0.1, 0.15) is 31.1 Å². The highest BCUT2D eigenvalue weighted by Crippen LogP contribution is 2.05. The van der Waals surface area contributed by atoms with Crippen molar-refractivity contribution in [2.45, 2.75) is 38.6 Å². The largest absolute Gasteiger partial charge is 0.469 e. The number of hydrogen-bond acceptors (Lipinski definition) is 2. The minimum Gasteiger partial charge on any atom is -0.469 e. The Hall–Kier alpha value is -2.23. The molecular formula is C18H24N2O2. The summed E-state index contributed by atoms with van der Waals surface area (Å²) in [5, 5.41) is 5.85. The molecule has 2 N–H and O–H groups in total. The third-order valence-electron chi connectivity index (χ3n) is 3.55. The van der Waals surface area contributed by atoms with Crippen LogP contribution in [0, 0.1) is 0 Å². The molecule has 0 spiro atoms. The van der Waals surface area contributed by atoms with Crippen LogP contribution in [0.15, 0.2) is 53.1 Å². The summed E-state index contributed by atoms with van der Waals surface area (Å²) in [7, 11) is 0. The Morgan fingerprint density at radius 3 is 2.68 bits per heavy atom. The molecule has 2 aromatic rings. The van der Waals surface area contributed by atoms with Crippen LogP contribution in [0.3, 0.4) is 0 Å². The zero-order valence-electron chi connectivity index (χ0n) is 13.0. The predicted octanol–water partition coefficient (Wildman–Crippen LogP) is 3.53. The first kappa shape index (κ1) is 16.1. The van der Waals surface area contributed by atoms with Gasteiger partial charge in [-0.05, 0) is 43.9 Å². The third kappa shape index (κ3) is 6.04. The molecule has 1 aromatic carbocycles. The fraction of sp³-hybridized carbons (Fsp3) is 0.389. The Labute approximate surface area is 131 Å². The molecule has 22 heavy (non-hydrogen) atoms. The van der Waals surface area contributed by atoms with Crippen LogP contribution < -0.4 is 10.6 Å². The second kappa shape index (κ2) is 8.93. The van der Waals surface area contributed by atoms with Gasteiger partial charge >= 0.3 is 6.03 Å². The maximum Gasteiger partial charge on any atom is 0.314 e. The molecule has 1 unspecified atom stereocenters. The smallest absolute Gasteiger partial charge is 0.314 e. The molecule has 0 aliphatic rings. The van der Waals surface area contributed by atoms with Crippen molar-refractivity contribution in [3.8, 4) is 0 Å². The highest BCUT2D eigenvalue weighted by atomic mass is 16.3. The zero-order chi connectivity index (χ0) is 15.6. The number of urea groups is 1. The van der Waals surface area contributed by atoms with Gasteiger partial charge in [0.25, 0.3) is 0 Å². The average Bonchev–Trinajstić information content (AvgIpc) is 3.04. The molecule has 2 amide bonds. The fourth-order valence-corrected chi connectivity index (χ4v) is 2.30. The number of hydrogen-bond donors (Lipinski definition) is 2. The summed E-state index contributed by atoms with van der Waals surface area (Å²) in [4.78, 5) is 11.8. The van der Waals surface area contributed by atoms with Crippen molar-refractivity contribution in [1.29, 1.82) is 0 Å². The molecule has 0 aliphatic heterocycles. The topological polar surface area (TPSA) is 54.3 Å². The fourth-order valence-electron chi connectivity index (χ4n) is 2.30. The zero-order valence-corrected chi connectivity index (χ0v) is 13.0. The highest BCUT2D eigenvalue weighted by Gasteiger charge is 2.07. The summed E-state index contributed by atoms with van der Waals surface area (Å²) in [5.74, 6) is 0.955. The summed E-state index contributed by atoms with van der Waals surface area (Å²) in [5.41, 5.74) is 1.30. The SMILES string of the molecule is CC(CCc1ccco1)NC(=O)NCCCc1ccccc1. The van der Waals surface area contributed by atoms with E-state index in [1.165, 1.54) is 5.56 Å². The first-order valence-electron chi connectivity index (χ1n) is 7.84. The van der Waals surface area contributed by atoms with E-state index < -0.39 is 0 Å². The van der Waals surface area contributed by atoms with Crippen molar-refractivity contribution in [1.82, 2.24) is 10.6 Å².